The third-order valence-electron chi connectivity index (χ3n) is 5.30. The minimum Gasteiger partial charge on any atom is -0.307 e. The number of benzene rings is 2. The summed E-state index contributed by atoms with van der Waals surface area (Å²) in [7, 11) is 0. The first-order chi connectivity index (χ1) is 13.7. The molecule has 3 rings (SSSR count). The van der Waals surface area contributed by atoms with Crippen LogP contribution in [0.5, 0.6) is 0 Å². The van der Waals surface area contributed by atoms with E-state index < -0.39 is 0 Å². The van der Waals surface area contributed by atoms with Crippen molar-refractivity contribution in [3.63, 3.8) is 0 Å². The normalized spacial score (nSPS) is 12.4. The predicted molar refractivity (Wildman–Crippen MR) is 117 cm³/mol. The monoisotopic (exact) mass is 377 g/mol. The molecule has 4 heteroatoms. The number of hydrogen-bond acceptors (Lipinski definition) is 3. The Labute approximate surface area is 167 Å². The Morgan fingerprint density at radius 2 is 1.75 bits per heavy atom. The first kappa shape index (κ1) is 20.3. The zero-order valence-electron chi connectivity index (χ0n) is 17.2. The quantitative estimate of drug-likeness (QED) is 0.523. The number of aromatic nitrogens is 2. The van der Waals surface area contributed by atoms with Crippen molar-refractivity contribution < 1.29 is 0 Å². The lowest BCUT2D eigenvalue weighted by Gasteiger charge is -2.22. The largest absolute Gasteiger partial charge is 0.307 e. The van der Waals surface area contributed by atoms with Crippen molar-refractivity contribution >= 4 is 10.9 Å². The van der Waals surface area contributed by atoms with Gasteiger partial charge in [0.05, 0.1) is 22.6 Å². The maximum absolute atomic E-state index is 13.4. The number of nitrogens with one attached hydrogen (secondary N) is 1. The van der Waals surface area contributed by atoms with E-state index in [1.54, 1.807) is 4.57 Å². The smallest absolute Gasteiger partial charge is 0.266 e. The highest BCUT2D eigenvalue weighted by molar-refractivity contribution is 5.77. The van der Waals surface area contributed by atoms with Gasteiger partial charge in [0.25, 0.3) is 5.56 Å². The second kappa shape index (κ2) is 9.65. The van der Waals surface area contributed by atoms with Gasteiger partial charge in [0, 0.05) is 0 Å². The van der Waals surface area contributed by atoms with E-state index in [0.717, 1.165) is 42.8 Å². The van der Waals surface area contributed by atoms with Crippen LogP contribution in [0.2, 0.25) is 0 Å². The molecule has 1 N–H and O–H groups in total. The van der Waals surface area contributed by atoms with Crippen molar-refractivity contribution in [1.82, 2.24) is 14.9 Å². The Balaban J connectivity index is 2.11. The molecule has 0 amide bonds. The number of rotatable bonds is 9. The standard InChI is InChI=1S/C24H31N3O/c1-4-7-10-17-25-21(6-3)23-26-22-12-9-8-11-20(22)24(28)27(23)19-15-13-18(5-2)14-16-19/h8-9,11-16,21,25H,4-7,10,17H2,1-3H3/t21-/m1/s1. The van der Waals surface area contributed by atoms with E-state index in [1.165, 1.54) is 18.4 Å². The van der Waals surface area contributed by atoms with Gasteiger partial charge in [0.2, 0.25) is 0 Å². The van der Waals surface area contributed by atoms with E-state index in [-0.39, 0.29) is 11.6 Å². The van der Waals surface area contributed by atoms with Crippen molar-refractivity contribution in [3.8, 4) is 5.69 Å². The minimum atomic E-state index is -0.00124. The summed E-state index contributed by atoms with van der Waals surface area (Å²) in [4.78, 5) is 18.3. The van der Waals surface area contributed by atoms with E-state index in [9.17, 15) is 4.79 Å². The van der Waals surface area contributed by atoms with Gasteiger partial charge in [-0.25, -0.2) is 4.98 Å². The number of hydrogen-bond donors (Lipinski definition) is 1. The first-order valence-electron chi connectivity index (χ1n) is 10.5. The predicted octanol–water partition coefficient (Wildman–Crippen LogP) is 5.18. The van der Waals surface area contributed by atoms with Crippen molar-refractivity contribution in [2.24, 2.45) is 0 Å². The lowest BCUT2D eigenvalue weighted by molar-refractivity contribution is 0.472. The summed E-state index contributed by atoms with van der Waals surface area (Å²) in [5, 5.41) is 4.28. The van der Waals surface area contributed by atoms with Gasteiger partial charge < -0.3 is 5.32 Å². The molecule has 0 spiro atoms. The highest BCUT2D eigenvalue weighted by Crippen LogP contribution is 2.21. The van der Waals surface area contributed by atoms with Crippen LogP contribution in [0.15, 0.2) is 53.3 Å². The molecule has 4 nitrogen and oxygen atoms in total. The van der Waals surface area contributed by atoms with Crippen LogP contribution in [0.1, 0.15) is 63.9 Å². The Bertz CT molecular complexity index is 960. The minimum absolute atomic E-state index is 0.00124. The summed E-state index contributed by atoms with van der Waals surface area (Å²) in [6.07, 6.45) is 5.40. The summed E-state index contributed by atoms with van der Waals surface area (Å²) in [6.45, 7) is 7.42. The average molecular weight is 378 g/mol. The zero-order valence-corrected chi connectivity index (χ0v) is 17.2. The van der Waals surface area contributed by atoms with Crippen molar-refractivity contribution in [2.75, 3.05) is 6.54 Å². The Morgan fingerprint density at radius 1 is 1.00 bits per heavy atom. The van der Waals surface area contributed by atoms with Crippen LogP contribution >= 0.6 is 0 Å². The molecule has 1 atom stereocenters. The molecule has 0 aliphatic heterocycles. The number of para-hydroxylation sites is 1. The molecule has 0 bridgehead atoms. The fourth-order valence-electron chi connectivity index (χ4n) is 3.58. The summed E-state index contributed by atoms with van der Waals surface area (Å²) in [6, 6.07) is 15.9. The van der Waals surface area contributed by atoms with Gasteiger partial charge in [-0.2, -0.15) is 0 Å². The van der Waals surface area contributed by atoms with Gasteiger partial charge in [-0.1, -0.05) is 57.9 Å². The number of aryl methyl sites for hydroxylation is 1. The second-order valence-electron chi connectivity index (χ2n) is 7.27. The van der Waals surface area contributed by atoms with Crippen LogP contribution in [0.4, 0.5) is 0 Å². The van der Waals surface area contributed by atoms with Gasteiger partial charge in [-0.15, -0.1) is 0 Å². The molecule has 0 aliphatic carbocycles. The Kier molecular flexibility index (Phi) is 6.99. The second-order valence-corrected chi connectivity index (χ2v) is 7.27. The highest BCUT2D eigenvalue weighted by Gasteiger charge is 2.19. The molecule has 28 heavy (non-hydrogen) atoms. The maximum atomic E-state index is 13.4. The molecule has 0 fully saturated rings. The third kappa shape index (κ3) is 4.33. The average Bonchev–Trinajstić information content (AvgIpc) is 2.74. The Morgan fingerprint density at radius 3 is 2.43 bits per heavy atom. The van der Waals surface area contributed by atoms with Crippen LogP contribution in [-0.2, 0) is 6.42 Å². The molecular weight excluding hydrogens is 346 g/mol. The summed E-state index contributed by atoms with van der Waals surface area (Å²) < 4.78 is 1.79. The summed E-state index contributed by atoms with van der Waals surface area (Å²) >= 11 is 0. The van der Waals surface area contributed by atoms with Crippen LogP contribution in [0.3, 0.4) is 0 Å². The van der Waals surface area contributed by atoms with E-state index in [0.29, 0.717) is 5.39 Å². The molecule has 0 radical (unpaired) electrons. The fourth-order valence-corrected chi connectivity index (χ4v) is 3.58. The van der Waals surface area contributed by atoms with Gasteiger partial charge in [-0.05, 0) is 55.6 Å². The molecule has 0 saturated carbocycles. The molecule has 3 aromatic rings. The van der Waals surface area contributed by atoms with E-state index >= 15 is 0 Å². The van der Waals surface area contributed by atoms with Crippen molar-refractivity contribution in [3.05, 3.63) is 70.3 Å². The molecule has 2 aromatic carbocycles. The number of fused-ring (bicyclic) bond motifs is 1. The third-order valence-corrected chi connectivity index (χ3v) is 5.30. The number of unbranched alkanes of at least 4 members (excludes halogenated alkanes) is 2. The highest BCUT2D eigenvalue weighted by atomic mass is 16.1. The van der Waals surface area contributed by atoms with Gasteiger partial charge in [-0.3, -0.25) is 9.36 Å². The van der Waals surface area contributed by atoms with E-state index in [4.69, 9.17) is 4.98 Å². The fraction of sp³-hybridized carbons (Fsp3) is 0.417. The molecule has 1 aromatic heterocycles. The van der Waals surface area contributed by atoms with Crippen LogP contribution in [-0.4, -0.2) is 16.1 Å². The summed E-state index contributed by atoms with van der Waals surface area (Å²) in [5.74, 6) is 0.798. The molecule has 1 heterocycles. The summed E-state index contributed by atoms with van der Waals surface area (Å²) in [5.41, 5.74) is 2.90. The molecule has 0 unspecified atom stereocenters. The lowest BCUT2D eigenvalue weighted by Crippen LogP contribution is -2.31. The van der Waals surface area contributed by atoms with Gasteiger partial charge in [0.15, 0.2) is 0 Å². The molecular formula is C24H31N3O. The van der Waals surface area contributed by atoms with E-state index in [1.807, 2.05) is 36.4 Å². The molecule has 0 saturated heterocycles. The molecule has 0 aliphatic rings. The van der Waals surface area contributed by atoms with Gasteiger partial charge >= 0.3 is 0 Å². The van der Waals surface area contributed by atoms with Crippen LogP contribution < -0.4 is 10.9 Å². The lowest BCUT2D eigenvalue weighted by atomic mass is 10.1. The molecule has 148 valence electrons. The zero-order chi connectivity index (χ0) is 19.9. The van der Waals surface area contributed by atoms with Gasteiger partial charge in [0.1, 0.15) is 5.82 Å². The SMILES string of the molecule is CCCCCN[C@H](CC)c1nc2ccccc2c(=O)n1-c1ccc(CC)cc1. The maximum Gasteiger partial charge on any atom is 0.266 e. The topological polar surface area (TPSA) is 46.9 Å². The Hall–Kier alpha value is -2.46. The number of nitrogens with zero attached hydrogens (tertiary/aromatic N) is 2. The first-order valence-corrected chi connectivity index (χ1v) is 10.5. The van der Waals surface area contributed by atoms with Crippen molar-refractivity contribution in [1.29, 1.82) is 0 Å². The van der Waals surface area contributed by atoms with Crippen LogP contribution in [0.25, 0.3) is 16.6 Å². The van der Waals surface area contributed by atoms with E-state index in [2.05, 4.69) is 38.2 Å². The van der Waals surface area contributed by atoms with Crippen LogP contribution in [0, 0.1) is 0 Å². The van der Waals surface area contributed by atoms with Crippen molar-refractivity contribution in [2.45, 2.75) is 58.9 Å².